The van der Waals surface area contributed by atoms with E-state index in [9.17, 15) is 0 Å². The van der Waals surface area contributed by atoms with Gasteiger partial charge in [0, 0.05) is 0 Å². The van der Waals surface area contributed by atoms with Crippen molar-refractivity contribution in [1.82, 2.24) is 0 Å². The Labute approximate surface area is 150 Å². The maximum absolute atomic E-state index is 2.45. The second-order valence-corrected chi connectivity index (χ2v) is 8.44. The van der Waals surface area contributed by atoms with Crippen molar-refractivity contribution in [2.45, 2.75) is 46.5 Å². The molecule has 2 aliphatic rings. The lowest BCUT2D eigenvalue weighted by Crippen LogP contribution is -2.27. The van der Waals surface area contributed by atoms with E-state index < -0.39 is 0 Å². The van der Waals surface area contributed by atoms with E-state index >= 15 is 0 Å². The van der Waals surface area contributed by atoms with Crippen LogP contribution in [0.2, 0.25) is 0 Å². The zero-order valence-corrected chi connectivity index (χ0v) is 15.9. The Hall–Kier alpha value is -2.34. The number of benzene rings is 2. The summed E-state index contributed by atoms with van der Waals surface area (Å²) in [5, 5.41) is 5.56. The smallest absolute Gasteiger partial charge is 0.00674 e. The minimum Gasteiger partial charge on any atom is -0.0801 e. The van der Waals surface area contributed by atoms with Gasteiger partial charge in [-0.3, -0.25) is 0 Å². The molecule has 0 radical (unpaired) electrons. The average Bonchev–Trinajstić information content (AvgIpc) is 3.19. The third-order valence-corrected chi connectivity index (χ3v) is 5.32. The van der Waals surface area contributed by atoms with Crippen LogP contribution >= 0.6 is 0 Å². The molecule has 25 heavy (non-hydrogen) atoms. The fourth-order valence-electron chi connectivity index (χ4n) is 4.17. The molecule has 0 atom stereocenters. The fourth-order valence-corrected chi connectivity index (χ4v) is 4.17. The lowest BCUT2D eigenvalue weighted by Gasteiger charge is -2.24. The zero-order valence-electron chi connectivity index (χ0n) is 15.9. The minimum atomic E-state index is 0.112. The molecule has 2 aliphatic carbocycles. The monoisotopic (exact) mass is 326 g/mol. The first-order valence-electron chi connectivity index (χ1n) is 9.20. The number of fused-ring (bicyclic) bond motifs is 2. The highest BCUT2D eigenvalue weighted by Gasteiger charge is 2.23. The number of allylic oxidation sites excluding steroid dienone is 4. The molecule has 0 fully saturated rings. The van der Waals surface area contributed by atoms with E-state index in [0.29, 0.717) is 0 Å². The Morgan fingerprint density at radius 1 is 1.00 bits per heavy atom. The molecule has 0 unspecified atom stereocenters. The molecule has 126 valence electrons. The summed E-state index contributed by atoms with van der Waals surface area (Å²) in [5.41, 5.74) is 7.27. The molecule has 0 amide bonds. The van der Waals surface area contributed by atoms with E-state index in [2.05, 4.69) is 89.3 Å². The summed E-state index contributed by atoms with van der Waals surface area (Å²) >= 11 is 0. The Morgan fingerprint density at radius 3 is 2.40 bits per heavy atom. The third-order valence-electron chi connectivity index (χ3n) is 5.32. The maximum Gasteiger partial charge on any atom is -0.00674 e. The molecule has 0 heteroatoms. The van der Waals surface area contributed by atoms with Gasteiger partial charge in [-0.25, -0.2) is 0 Å². The van der Waals surface area contributed by atoms with Gasteiger partial charge in [0.25, 0.3) is 0 Å². The van der Waals surface area contributed by atoms with Gasteiger partial charge in [0.05, 0.1) is 0 Å². The standard InChI is InChI=1S/C25H26/c1-16(2)23-22(25(3,4)5)15-20-19-13-9-8-12-18(19)14-21(20)24(23)17-10-6-7-11-17/h6-10,12-15H,11H2,1-5H3. The minimum absolute atomic E-state index is 0.112. The number of rotatable bonds is 1. The van der Waals surface area contributed by atoms with E-state index in [0.717, 1.165) is 6.42 Å². The van der Waals surface area contributed by atoms with E-state index in [1.54, 1.807) is 0 Å². The van der Waals surface area contributed by atoms with Gasteiger partial charge in [-0.2, -0.15) is 0 Å². The van der Waals surface area contributed by atoms with Crippen LogP contribution in [0.25, 0.3) is 17.2 Å². The summed E-state index contributed by atoms with van der Waals surface area (Å²) < 4.78 is 0. The Bertz CT molecular complexity index is 1140. The summed E-state index contributed by atoms with van der Waals surface area (Å²) in [7, 11) is 0. The van der Waals surface area contributed by atoms with Crippen molar-refractivity contribution in [2.75, 3.05) is 0 Å². The van der Waals surface area contributed by atoms with Crippen molar-refractivity contribution in [3.63, 3.8) is 0 Å². The first-order valence-corrected chi connectivity index (χ1v) is 9.20. The van der Waals surface area contributed by atoms with Crippen LogP contribution in [0.15, 0.2) is 48.6 Å². The maximum atomic E-state index is 2.45. The van der Waals surface area contributed by atoms with Crippen LogP contribution < -0.4 is 10.4 Å². The van der Waals surface area contributed by atoms with Gasteiger partial charge in [-0.05, 0) is 81.0 Å². The van der Waals surface area contributed by atoms with Crippen molar-refractivity contribution in [3.05, 3.63) is 86.1 Å². The Morgan fingerprint density at radius 2 is 1.76 bits per heavy atom. The average molecular weight is 326 g/mol. The highest BCUT2D eigenvalue weighted by molar-refractivity contribution is 5.81. The van der Waals surface area contributed by atoms with Crippen LogP contribution in [-0.4, -0.2) is 0 Å². The summed E-state index contributed by atoms with van der Waals surface area (Å²) in [5.74, 6) is 0. The molecule has 2 aromatic rings. The van der Waals surface area contributed by atoms with Crippen LogP contribution in [0.1, 0.15) is 57.7 Å². The largest absolute Gasteiger partial charge is 0.0801 e. The van der Waals surface area contributed by atoms with E-state index in [4.69, 9.17) is 0 Å². The molecule has 2 aromatic carbocycles. The van der Waals surface area contributed by atoms with Gasteiger partial charge >= 0.3 is 0 Å². The van der Waals surface area contributed by atoms with Crippen LogP contribution in [0.3, 0.4) is 0 Å². The first-order chi connectivity index (χ1) is 11.9. The molecule has 0 heterocycles. The highest BCUT2D eigenvalue weighted by atomic mass is 14.3. The normalized spacial score (nSPS) is 14.8. The van der Waals surface area contributed by atoms with E-state index in [1.807, 2.05) is 0 Å². The summed E-state index contributed by atoms with van der Waals surface area (Å²) in [4.78, 5) is 0. The van der Waals surface area contributed by atoms with Gasteiger partial charge in [-0.1, -0.05) is 68.8 Å². The first kappa shape index (κ1) is 16.1. The zero-order chi connectivity index (χ0) is 17.8. The predicted molar refractivity (Wildman–Crippen MR) is 109 cm³/mol. The van der Waals surface area contributed by atoms with Crippen molar-refractivity contribution in [2.24, 2.45) is 0 Å². The molecule has 0 aliphatic heterocycles. The van der Waals surface area contributed by atoms with Gasteiger partial charge in [0.2, 0.25) is 0 Å². The van der Waals surface area contributed by atoms with Gasteiger partial charge in [0.1, 0.15) is 0 Å². The molecule has 0 saturated heterocycles. The lowest BCUT2D eigenvalue weighted by molar-refractivity contribution is 0.585. The topological polar surface area (TPSA) is 0 Å². The van der Waals surface area contributed by atoms with Gasteiger partial charge in [-0.15, -0.1) is 0 Å². The van der Waals surface area contributed by atoms with Gasteiger partial charge < -0.3 is 0 Å². The number of hydrogen-bond donors (Lipinski definition) is 0. The summed E-state index contributed by atoms with van der Waals surface area (Å²) in [6.45, 7) is 11.5. The van der Waals surface area contributed by atoms with E-state index in [-0.39, 0.29) is 5.41 Å². The fraction of sp³-hybridized carbons (Fsp3) is 0.280. The molecule has 0 spiro atoms. The van der Waals surface area contributed by atoms with Crippen molar-refractivity contribution >= 4 is 17.2 Å². The van der Waals surface area contributed by atoms with Crippen LogP contribution in [0, 0.1) is 10.4 Å². The van der Waals surface area contributed by atoms with Crippen molar-refractivity contribution in [1.29, 1.82) is 0 Å². The molecule has 0 nitrogen and oxygen atoms in total. The second-order valence-electron chi connectivity index (χ2n) is 8.44. The summed E-state index contributed by atoms with van der Waals surface area (Å²) in [6.07, 6.45) is 10.2. The second kappa shape index (κ2) is 5.59. The molecular formula is C25H26. The Balaban J connectivity index is 2.29. The predicted octanol–water partition coefficient (Wildman–Crippen LogP) is 4.95. The highest BCUT2D eigenvalue weighted by Crippen LogP contribution is 2.30. The third kappa shape index (κ3) is 2.52. The van der Waals surface area contributed by atoms with Crippen molar-refractivity contribution < 1.29 is 0 Å². The molecule has 4 rings (SSSR count). The molecule has 0 aromatic heterocycles. The van der Waals surface area contributed by atoms with Crippen LogP contribution in [0.5, 0.6) is 0 Å². The SMILES string of the molecule is CC(C)=c1c(C(C)(C)C)cc2c(c1C1=CC=CC1)C=c1ccccc1=2. The van der Waals surface area contributed by atoms with Crippen molar-refractivity contribution in [3.8, 4) is 0 Å². The molecule has 0 saturated carbocycles. The van der Waals surface area contributed by atoms with Crippen LogP contribution in [0.4, 0.5) is 0 Å². The molecule has 0 bridgehead atoms. The Kier molecular flexibility index (Phi) is 3.61. The van der Waals surface area contributed by atoms with Crippen LogP contribution in [-0.2, 0) is 5.41 Å². The summed E-state index contributed by atoms with van der Waals surface area (Å²) in [6, 6.07) is 11.2. The van der Waals surface area contributed by atoms with Gasteiger partial charge in [0.15, 0.2) is 0 Å². The number of hydrogen-bond acceptors (Lipinski definition) is 0. The quantitative estimate of drug-likeness (QED) is 0.594. The van der Waals surface area contributed by atoms with E-state index in [1.165, 1.54) is 48.7 Å². The lowest BCUT2D eigenvalue weighted by atomic mass is 9.80. The molecule has 0 N–H and O–H groups in total. The molecular weight excluding hydrogens is 300 g/mol.